The van der Waals surface area contributed by atoms with E-state index in [0.717, 1.165) is 37.4 Å². The Bertz CT molecular complexity index is 277. The normalized spacial score (nSPS) is 27.1. The molecule has 0 radical (unpaired) electrons. The number of amides is 2. The third kappa shape index (κ3) is 2.90. The average molecular weight is 242 g/mol. The minimum absolute atomic E-state index is 0.0142. The van der Waals surface area contributed by atoms with Crippen LogP contribution in [-0.2, 0) is 9.59 Å². The van der Waals surface area contributed by atoms with Crippen LogP contribution in [0.5, 0.6) is 0 Å². The van der Waals surface area contributed by atoms with E-state index >= 15 is 0 Å². The molecule has 1 N–H and O–H groups in total. The number of thioether (sulfide) groups is 1. The number of carbonyl (C=O) groups excluding carboxylic acids is 2. The van der Waals surface area contributed by atoms with E-state index in [9.17, 15) is 9.59 Å². The van der Waals surface area contributed by atoms with E-state index in [2.05, 4.69) is 5.32 Å². The van der Waals surface area contributed by atoms with Gasteiger partial charge in [0.1, 0.15) is 6.04 Å². The van der Waals surface area contributed by atoms with Gasteiger partial charge < -0.3 is 10.2 Å². The van der Waals surface area contributed by atoms with Crippen LogP contribution in [-0.4, -0.2) is 47.4 Å². The first kappa shape index (κ1) is 11.8. The minimum atomic E-state index is -0.293. The van der Waals surface area contributed by atoms with Gasteiger partial charge in [0.15, 0.2) is 0 Å². The Labute approximate surface area is 100 Å². The predicted octanol–water partition coefficient (Wildman–Crippen LogP) is 0.621. The largest absolute Gasteiger partial charge is 0.343 e. The van der Waals surface area contributed by atoms with Crippen molar-refractivity contribution >= 4 is 23.6 Å². The summed E-state index contributed by atoms with van der Waals surface area (Å²) in [5, 5.41) is 2.82. The molecule has 0 aromatic rings. The second kappa shape index (κ2) is 5.57. The van der Waals surface area contributed by atoms with Crippen molar-refractivity contribution in [3.63, 3.8) is 0 Å². The molecule has 2 heterocycles. The molecule has 0 aliphatic carbocycles. The summed E-state index contributed by atoms with van der Waals surface area (Å²) >= 11 is 1.69. The molecule has 4 nitrogen and oxygen atoms in total. The van der Waals surface area contributed by atoms with E-state index in [1.807, 2.05) is 4.90 Å². The number of hydrogen-bond donors (Lipinski definition) is 1. The van der Waals surface area contributed by atoms with Crippen molar-refractivity contribution in [2.75, 3.05) is 24.6 Å². The molecule has 0 spiro atoms. The molecule has 2 amide bonds. The van der Waals surface area contributed by atoms with E-state index in [-0.39, 0.29) is 17.9 Å². The smallest absolute Gasteiger partial charge is 0.246 e. The number of nitrogens with one attached hydrogen (secondary N) is 1. The van der Waals surface area contributed by atoms with Gasteiger partial charge in [0.05, 0.1) is 0 Å². The van der Waals surface area contributed by atoms with Gasteiger partial charge >= 0.3 is 0 Å². The monoisotopic (exact) mass is 242 g/mol. The molecule has 16 heavy (non-hydrogen) atoms. The highest BCUT2D eigenvalue weighted by Gasteiger charge is 2.28. The second-order valence-corrected chi connectivity index (χ2v) is 5.48. The number of hydrogen-bond acceptors (Lipinski definition) is 3. The van der Waals surface area contributed by atoms with Crippen LogP contribution in [0.1, 0.15) is 25.7 Å². The van der Waals surface area contributed by atoms with Gasteiger partial charge in [-0.3, -0.25) is 9.59 Å². The van der Waals surface area contributed by atoms with Gasteiger partial charge in [-0.2, -0.15) is 11.8 Å². The third-order valence-corrected chi connectivity index (χ3v) is 4.12. The fourth-order valence-corrected chi connectivity index (χ4v) is 3.10. The molecular weight excluding hydrogens is 224 g/mol. The Morgan fingerprint density at radius 2 is 2.06 bits per heavy atom. The van der Waals surface area contributed by atoms with Crippen LogP contribution in [0, 0.1) is 0 Å². The van der Waals surface area contributed by atoms with Crippen molar-refractivity contribution < 1.29 is 9.59 Å². The first-order valence-corrected chi connectivity index (χ1v) is 7.09. The van der Waals surface area contributed by atoms with E-state index in [1.54, 1.807) is 11.8 Å². The third-order valence-electron chi connectivity index (χ3n) is 3.06. The summed E-state index contributed by atoms with van der Waals surface area (Å²) in [6, 6.07) is -0.293. The zero-order valence-corrected chi connectivity index (χ0v) is 10.2. The molecule has 0 saturated carbocycles. The summed E-state index contributed by atoms with van der Waals surface area (Å²) in [5.41, 5.74) is 0. The first-order chi connectivity index (χ1) is 7.77. The average Bonchev–Trinajstić information content (AvgIpc) is 2.54. The lowest BCUT2D eigenvalue weighted by molar-refractivity contribution is -0.136. The molecule has 90 valence electrons. The highest BCUT2D eigenvalue weighted by Crippen LogP contribution is 2.15. The number of likely N-dealkylation sites (tertiary alicyclic amines) is 1. The van der Waals surface area contributed by atoms with Crippen LogP contribution >= 0.6 is 11.8 Å². The lowest BCUT2D eigenvalue weighted by atomic mass is 10.1. The number of nitrogens with zero attached hydrogens (tertiary/aromatic N) is 1. The first-order valence-electron chi connectivity index (χ1n) is 5.93. The maximum absolute atomic E-state index is 12.1. The molecule has 2 saturated heterocycles. The molecule has 0 aromatic heterocycles. The molecule has 1 atom stereocenters. The van der Waals surface area contributed by atoms with Crippen LogP contribution in [0.25, 0.3) is 0 Å². The fourth-order valence-electron chi connectivity index (χ4n) is 2.14. The number of piperidine rings is 1. The van der Waals surface area contributed by atoms with Gasteiger partial charge in [0.25, 0.3) is 0 Å². The topological polar surface area (TPSA) is 49.4 Å². The molecule has 0 unspecified atom stereocenters. The van der Waals surface area contributed by atoms with Gasteiger partial charge in [-0.15, -0.1) is 0 Å². The zero-order chi connectivity index (χ0) is 11.4. The zero-order valence-electron chi connectivity index (χ0n) is 9.41. The van der Waals surface area contributed by atoms with Crippen LogP contribution in [0.15, 0.2) is 0 Å². The Hall–Kier alpha value is -0.710. The maximum atomic E-state index is 12.1. The van der Waals surface area contributed by atoms with Gasteiger partial charge in [-0.1, -0.05) is 0 Å². The second-order valence-electron chi connectivity index (χ2n) is 4.33. The summed E-state index contributed by atoms with van der Waals surface area (Å²) < 4.78 is 0. The van der Waals surface area contributed by atoms with Gasteiger partial charge in [-0.25, -0.2) is 0 Å². The Morgan fingerprint density at radius 1 is 1.31 bits per heavy atom. The molecule has 0 bridgehead atoms. The molecule has 0 aromatic carbocycles. The van der Waals surface area contributed by atoms with Gasteiger partial charge in [0, 0.05) is 31.0 Å². The SMILES string of the molecule is O=C1CCSC[C@@H](C(=O)N2CCCCC2)N1. The van der Waals surface area contributed by atoms with Crippen molar-refractivity contribution in [2.24, 2.45) is 0 Å². The van der Waals surface area contributed by atoms with Gasteiger partial charge in [-0.05, 0) is 19.3 Å². The molecule has 2 fully saturated rings. The maximum Gasteiger partial charge on any atom is 0.246 e. The number of carbonyl (C=O) groups is 2. The number of rotatable bonds is 1. The summed E-state index contributed by atoms with van der Waals surface area (Å²) in [4.78, 5) is 25.4. The van der Waals surface area contributed by atoms with Crippen LogP contribution < -0.4 is 5.32 Å². The summed E-state index contributed by atoms with van der Waals surface area (Å²) in [6.07, 6.45) is 3.95. The fraction of sp³-hybridized carbons (Fsp3) is 0.818. The Morgan fingerprint density at radius 3 is 2.81 bits per heavy atom. The molecular formula is C11H18N2O2S. The highest BCUT2D eigenvalue weighted by atomic mass is 32.2. The minimum Gasteiger partial charge on any atom is -0.343 e. The standard InChI is InChI=1S/C11H18N2O2S/c14-10-4-7-16-8-9(12-10)11(15)13-5-2-1-3-6-13/h9H,1-8H2,(H,12,14)/t9-/m0/s1. The molecule has 5 heteroatoms. The van der Waals surface area contributed by atoms with E-state index in [1.165, 1.54) is 6.42 Å². The van der Waals surface area contributed by atoms with Crippen molar-refractivity contribution in [2.45, 2.75) is 31.7 Å². The Kier molecular flexibility index (Phi) is 4.09. The summed E-state index contributed by atoms with van der Waals surface area (Å²) in [6.45, 7) is 1.71. The van der Waals surface area contributed by atoms with Crippen LogP contribution in [0.4, 0.5) is 0 Å². The van der Waals surface area contributed by atoms with Crippen molar-refractivity contribution in [1.82, 2.24) is 10.2 Å². The molecule has 2 rings (SSSR count). The highest BCUT2D eigenvalue weighted by molar-refractivity contribution is 7.99. The van der Waals surface area contributed by atoms with Crippen molar-refractivity contribution in [3.8, 4) is 0 Å². The molecule has 2 aliphatic heterocycles. The Balaban J connectivity index is 1.93. The van der Waals surface area contributed by atoms with E-state index < -0.39 is 0 Å². The lowest BCUT2D eigenvalue weighted by Crippen LogP contribution is -2.50. The van der Waals surface area contributed by atoms with E-state index in [0.29, 0.717) is 6.42 Å². The summed E-state index contributed by atoms with van der Waals surface area (Å²) in [7, 11) is 0. The van der Waals surface area contributed by atoms with Crippen molar-refractivity contribution in [1.29, 1.82) is 0 Å². The lowest BCUT2D eigenvalue weighted by Gasteiger charge is -2.30. The predicted molar refractivity (Wildman–Crippen MR) is 64.3 cm³/mol. The van der Waals surface area contributed by atoms with Crippen LogP contribution in [0.2, 0.25) is 0 Å². The van der Waals surface area contributed by atoms with Crippen molar-refractivity contribution in [3.05, 3.63) is 0 Å². The molecule has 2 aliphatic rings. The van der Waals surface area contributed by atoms with Gasteiger partial charge in [0.2, 0.25) is 11.8 Å². The quantitative estimate of drug-likeness (QED) is 0.733. The van der Waals surface area contributed by atoms with Crippen LogP contribution in [0.3, 0.4) is 0 Å². The summed E-state index contributed by atoms with van der Waals surface area (Å²) in [5.74, 6) is 1.68. The van der Waals surface area contributed by atoms with E-state index in [4.69, 9.17) is 0 Å².